The summed E-state index contributed by atoms with van der Waals surface area (Å²) in [7, 11) is 0. The monoisotopic (exact) mass is 341 g/mol. The molecule has 1 aliphatic carbocycles. The molecule has 2 aromatic rings. The lowest BCUT2D eigenvalue weighted by Gasteiger charge is -2.36. The highest BCUT2D eigenvalue weighted by Gasteiger charge is 2.41. The van der Waals surface area contributed by atoms with Crippen molar-refractivity contribution in [2.45, 2.75) is 51.0 Å². The number of amides is 1. The zero-order chi connectivity index (χ0) is 17.3. The minimum absolute atomic E-state index is 0.0895. The van der Waals surface area contributed by atoms with E-state index in [1.165, 1.54) is 6.42 Å². The van der Waals surface area contributed by atoms with Crippen molar-refractivity contribution in [2.75, 3.05) is 6.79 Å². The van der Waals surface area contributed by atoms with Crippen LogP contribution < -0.4 is 14.8 Å². The average Bonchev–Trinajstić information content (AvgIpc) is 3.28. The van der Waals surface area contributed by atoms with E-state index in [2.05, 4.69) is 5.32 Å². The Morgan fingerprint density at radius 1 is 1.12 bits per heavy atom. The largest absolute Gasteiger partial charge is 0.469 e. The van der Waals surface area contributed by atoms with Gasteiger partial charge in [0.05, 0.1) is 11.7 Å². The first kappa shape index (κ1) is 16.1. The van der Waals surface area contributed by atoms with Gasteiger partial charge < -0.3 is 19.2 Å². The third-order valence-corrected chi connectivity index (χ3v) is 5.47. The molecule has 25 heavy (non-hydrogen) atoms. The van der Waals surface area contributed by atoms with E-state index in [9.17, 15) is 4.79 Å². The van der Waals surface area contributed by atoms with Crippen molar-refractivity contribution in [1.82, 2.24) is 5.32 Å². The maximum absolute atomic E-state index is 13.2. The standard InChI is InChI=1S/C20H23NO4/c1-14-15(7-10-23-14)12-21-19(22)20(8-3-2-4-9-20)16-5-6-17-18(11-16)25-13-24-17/h5-7,10-11H,2-4,8-9,12-13H2,1H3,(H,21,22). The van der Waals surface area contributed by atoms with Gasteiger partial charge in [-0.15, -0.1) is 0 Å². The topological polar surface area (TPSA) is 60.7 Å². The number of furan rings is 1. The molecule has 2 heterocycles. The Labute approximate surface area is 147 Å². The first-order valence-corrected chi connectivity index (χ1v) is 8.90. The van der Waals surface area contributed by atoms with Gasteiger partial charge in [-0.1, -0.05) is 25.3 Å². The molecule has 0 bridgehead atoms. The number of carbonyl (C=O) groups excluding carboxylic acids is 1. The summed E-state index contributed by atoms with van der Waals surface area (Å²) in [5.74, 6) is 2.43. The van der Waals surface area contributed by atoms with Gasteiger partial charge in [0.15, 0.2) is 11.5 Å². The summed E-state index contributed by atoms with van der Waals surface area (Å²) in [6, 6.07) is 7.82. The molecule has 0 saturated heterocycles. The van der Waals surface area contributed by atoms with Gasteiger partial charge in [-0.2, -0.15) is 0 Å². The minimum Gasteiger partial charge on any atom is -0.469 e. The Balaban J connectivity index is 1.60. The third-order valence-electron chi connectivity index (χ3n) is 5.47. The average molecular weight is 341 g/mol. The number of rotatable bonds is 4. The van der Waals surface area contributed by atoms with Crippen molar-refractivity contribution in [1.29, 1.82) is 0 Å². The fourth-order valence-corrected chi connectivity index (χ4v) is 3.94. The van der Waals surface area contributed by atoms with Gasteiger partial charge in [-0.25, -0.2) is 0 Å². The van der Waals surface area contributed by atoms with E-state index >= 15 is 0 Å². The molecule has 4 rings (SSSR count). The number of hydrogen-bond acceptors (Lipinski definition) is 4. The van der Waals surface area contributed by atoms with E-state index in [4.69, 9.17) is 13.9 Å². The van der Waals surface area contributed by atoms with Gasteiger partial charge in [0, 0.05) is 12.1 Å². The van der Waals surface area contributed by atoms with Gasteiger partial charge in [0.25, 0.3) is 0 Å². The summed E-state index contributed by atoms with van der Waals surface area (Å²) in [6.07, 6.45) is 6.69. The van der Waals surface area contributed by atoms with Crippen molar-refractivity contribution < 1.29 is 18.7 Å². The lowest BCUT2D eigenvalue weighted by Crippen LogP contribution is -2.45. The molecule has 0 spiro atoms. The van der Waals surface area contributed by atoms with E-state index in [1.807, 2.05) is 31.2 Å². The molecule has 0 radical (unpaired) electrons. The summed E-state index contributed by atoms with van der Waals surface area (Å²) in [6.45, 7) is 2.65. The highest BCUT2D eigenvalue weighted by molar-refractivity contribution is 5.88. The molecule has 5 heteroatoms. The second kappa shape index (κ2) is 6.47. The van der Waals surface area contributed by atoms with Gasteiger partial charge in [0.2, 0.25) is 12.7 Å². The van der Waals surface area contributed by atoms with E-state index in [0.29, 0.717) is 6.54 Å². The number of ether oxygens (including phenoxy) is 2. The number of benzene rings is 1. The van der Waals surface area contributed by atoms with Crippen molar-refractivity contribution in [3.05, 3.63) is 47.4 Å². The molecule has 5 nitrogen and oxygen atoms in total. The predicted octanol–water partition coefficient (Wildman–Crippen LogP) is 3.84. The van der Waals surface area contributed by atoms with E-state index in [0.717, 1.165) is 54.1 Å². The zero-order valence-corrected chi connectivity index (χ0v) is 14.5. The summed E-state index contributed by atoms with van der Waals surface area (Å²) < 4.78 is 16.3. The summed E-state index contributed by atoms with van der Waals surface area (Å²) >= 11 is 0. The summed E-state index contributed by atoms with van der Waals surface area (Å²) in [4.78, 5) is 13.2. The van der Waals surface area contributed by atoms with Gasteiger partial charge in [0.1, 0.15) is 5.76 Å². The van der Waals surface area contributed by atoms with Crippen molar-refractivity contribution >= 4 is 5.91 Å². The van der Waals surface area contributed by atoms with Crippen LogP contribution in [-0.2, 0) is 16.8 Å². The molecule has 2 aliphatic rings. The van der Waals surface area contributed by atoms with Crippen LogP contribution in [0.3, 0.4) is 0 Å². The van der Waals surface area contributed by atoms with Crippen LogP contribution in [0.5, 0.6) is 11.5 Å². The molecule has 0 unspecified atom stereocenters. The lowest BCUT2D eigenvalue weighted by atomic mass is 9.68. The van der Waals surface area contributed by atoms with Gasteiger partial charge in [-0.05, 0) is 43.5 Å². The maximum Gasteiger partial charge on any atom is 0.231 e. The van der Waals surface area contributed by atoms with Crippen LogP contribution in [-0.4, -0.2) is 12.7 Å². The van der Waals surface area contributed by atoms with Crippen LogP contribution in [0.4, 0.5) is 0 Å². The molecular formula is C20H23NO4. The second-order valence-electron chi connectivity index (χ2n) is 6.90. The predicted molar refractivity (Wildman–Crippen MR) is 92.6 cm³/mol. The van der Waals surface area contributed by atoms with Crippen molar-refractivity contribution in [3.63, 3.8) is 0 Å². The van der Waals surface area contributed by atoms with Gasteiger partial charge >= 0.3 is 0 Å². The quantitative estimate of drug-likeness (QED) is 0.918. The van der Waals surface area contributed by atoms with Crippen LogP contribution in [0.2, 0.25) is 0 Å². The number of nitrogens with one attached hydrogen (secondary N) is 1. The number of hydrogen-bond donors (Lipinski definition) is 1. The van der Waals surface area contributed by atoms with Crippen molar-refractivity contribution in [2.24, 2.45) is 0 Å². The molecule has 1 N–H and O–H groups in total. The molecule has 1 fully saturated rings. The van der Waals surface area contributed by atoms with Crippen LogP contribution in [0, 0.1) is 6.92 Å². The molecular weight excluding hydrogens is 318 g/mol. The van der Waals surface area contributed by atoms with Crippen LogP contribution in [0.25, 0.3) is 0 Å². The molecule has 1 aliphatic heterocycles. The Bertz CT molecular complexity index is 774. The Kier molecular flexibility index (Phi) is 4.15. The zero-order valence-electron chi connectivity index (χ0n) is 14.5. The first-order chi connectivity index (χ1) is 12.2. The lowest BCUT2D eigenvalue weighted by molar-refractivity contribution is -0.128. The molecule has 1 saturated carbocycles. The molecule has 132 valence electrons. The van der Waals surface area contributed by atoms with Gasteiger partial charge in [-0.3, -0.25) is 4.79 Å². The third kappa shape index (κ3) is 2.88. The maximum atomic E-state index is 13.2. The molecule has 1 amide bonds. The van der Waals surface area contributed by atoms with E-state index in [1.54, 1.807) is 6.26 Å². The normalized spacial score (nSPS) is 18.1. The molecule has 0 atom stereocenters. The smallest absolute Gasteiger partial charge is 0.231 e. The van der Waals surface area contributed by atoms with Crippen LogP contribution >= 0.6 is 0 Å². The minimum atomic E-state index is -0.489. The fourth-order valence-electron chi connectivity index (χ4n) is 3.94. The summed E-state index contributed by atoms with van der Waals surface area (Å²) in [5.41, 5.74) is 1.56. The van der Waals surface area contributed by atoms with E-state index < -0.39 is 5.41 Å². The molecule has 1 aromatic carbocycles. The number of fused-ring (bicyclic) bond motifs is 1. The SMILES string of the molecule is Cc1occc1CNC(=O)C1(c2ccc3c(c2)OCO3)CCCCC1. The van der Waals surface area contributed by atoms with Crippen molar-refractivity contribution in [3.8, 4) is 11.5 Å². The number of aryl methyl sites for hydroxylation is 1. The Morgan fingerprint density at radius 2 is 1.92 bits per heavy atom. The highest BCUT2D eigenvalue weighted by Crippen LogP contribution is 2.43. The van der Waals surface area contributed by atoms with Crippen LogP contribution in [0.15, 0.2) is 34.9 Å². The molecule has 1 aromatic heterocycles. The Hall–Kier alpha value is -2.43. The highest BCUT2D eigenvalue weighted by atomic mass is 16.7. The first-order valence-electron chi connectivity index (χ1n) is 8.90. The van der Waals surface area contributed by atoms with E-state index in [-0.39, 0.29) is 12.7 Å². The number of carbonyl (C=O) groups is 1. The second-order valence-corrected chi connectivity index (χ2v) is 6.90. The van der Waals surface area contributed by atoms with Crippen LogP contribution in [0.1, 0.15) is 49.0 Å². The fraction of sp³-hybridized carbons (Fsp3) is 0.450. The Morgan fingerprint density at radius 3 is 2.68 bits per heavy atom. The summed E-state index contributed by atoms with van der Waals surface area (Å²) in [5, 5.41) is 3.13.